The van der Waals surface area contributed by atoms with E-state index in [1.54, 1.807) is 12.1 Å². The predicted molar refractivity (Wildman–Crippen MR) is 52.4 cm³/mol. The highest BCUT2D eigenvalue weighted by Gasteiger charge is 2.07. The van der Waals surface area contributed by atoms with Crippen LogP contribution in [-0.4, -0.2) is 5.97 Å². The Bertz CT molecular complexity index is 301. The van der Waals surface area contributed by atoms with Gasteiger partial charge in [-0.1, -0.05) is 26.0 Å². The van der Waals surface area contributed by atoms with E-state index < -0.39 is 5.97 Å². The number of carbonyl (C=O) groups excluding carboxylic acids is 1. The molecule has 1 rings (SSSR count). The summed E-state index contributed by atoms with van der Waals surface area (Å²) < 4.78 is 0. The van der Waals surface area contributed by atoms with E-state index in [1.807, 2.05) is 12.1 Å². The normalized spacial score (nSPS) is 10.3. The molecule has 3 heteroatoms. The number of benzene rings is 1. The smallest absolute Gasteiger partial charge is 0.293 e. The summed E-state index contributed by atoms with van der Waals surface area (Å²) in [5.41, 5.74) is 1.63. The highest BCUT2D eigenvalue weighted by molar-refractivity contribution is 5.88. The van der Waals surface area contributed by atoms with Crippen molar-refractivity contribution < 1.29 is 14.6 Å². The molecule has 0 aliphatic rings. The molecule has 0 atom stereocenters. The summed E-state index contributed by atoms with van der Waals surface area (Å²) >= 11 is 0. The molecule has 1 radical (unpaired) electrons. The van der Waals surface area contributed by atoms with E-state index in [0.717, 1.165) is 0 Å². The maximum absolute atomic E-state index is 11.1. The fourth-order valence-corrected chi connectivity index (χ4v) is 1.11. The lowest BCUT2D eigenvalue weighted by Crippen LogP contribution is -2.03. The molecular weight excluding hydrogens is 180 g/mol. The molecule has 3 nitrogen and oxygen atoms in total. The topological polar surface area (TPSA) is 35.5 Å². The summed E-state index contributed by atoms with van der Waals surface area (Å²) in [6, 6.07) is 7.20. The lowest BCUT2D eigenvalue weighted by atomic mass is 10.0. The molecule has 0 N–H and O–H groups in total. The molecule has 0 spiro atoms. The van der Waals surface area contributed by atoms with E-state index in [9.17, 15) is 4.79 Å². The highest BCUT2D eigenvalue weighted by atomic mass is 17.2. The summed E-state index contributed by atoms with van der Waals surface area (Å²) in [6.45, 7) is 4.18. The maximum atomic E-state index is 11.1. The van der Waals surface area contributed by atoms with Gasteiger partial charge in [-0.2, -0.15) is 4.89 Å². The van der Waals surface area contributed by atoms with Crippen LogP contribution in [-0.2, 0) is 9.78 Å². The van der Waals surface area contributed by atoms with Gasteiger partial charge in [-0.25, -0.2) is 4.79 Å². The standard InChI is InChI=1S/C11H13O3/c1-8(2)9-4-6-10(7-5-9)11(12)14-13-3/h4-8H,3H2,1-2H3. The minimum absolute atomic E-state index is 0.448. The van der Waals surface area contributed by atoms with Gasteiger partial charge in [0, 0.05) is 0 Å². The van der Waals surface area contributed by atoms with Crippen molar-refractivity contribution in [3.63, 3.8) is 0 Å². The molecule has 0 saturated heterocycles. The van der Waals surface area contributed by atoms with Crippen LogP contribution in [0.25, 0.3) is 0 Å². The lowest BCUT2D eigenvalue weighted by Gasteiger charge is -2.05. The van der Waals surface area contributed by atoms with Crippen molar-refractivity contribution in [3.05, 3.63) is 42.5 Å². The zero-order valence-electron chi connectivity index (χ0n) is 8.32. The zero-order chi connectivity index (χ0) is 10.6. The molecule has 14 heavy (non-hydrogen) atoms. The Balaban J connectivity index is 2.78. The van der Waals surface area contributed by atoms with Crippen molar-refractivity contribution in [1.82, 2.24) is 0 Å². The Morgan fingerprint density at radius 3 is 2.29 bits per heavy atom. The lowest BCUT2D eigenvalue weighted by molar-refractivity contribution is -0.195. The first-order valence-corrected chi connectivity index (χ1v) is 4.38. The number of rotatable bonds is 3. The number of carbonyl (C=O) groups is 1. The van der Waals surface area contributed by atoms with Gasteiger partial charge in [0.2, 0.25) is 0 Å². The fraction of sp³-hybridized carbons (Fsp3) is 0.273. The molecule has 1 aromatic carbocycles. The Morgan fingerprint density at radius 1 is 1.29 bits per heavy atom. The van der Waals surface area contributed by atoms with E-state index in [2.05, 4.69) is 30.7 Å². The van der Waals surface area contributed by atoms with E-state index >= 15 is 0 Å². The maximum Gasteiger partial charge on any atom is 0.373 e. The minimum Gasteiger partial charge on any atom is -0.293 e. The van der Waals surface area contributed by atoms with Crippen LogP contribution in [0.15, 0.2) is 24.3 Å². The predicted octanol–water partition coefficient (Wildman–Crippen LogP) is 2.69. The van der Waals surface area contributed by atoms with Crippen molar-refractivity contribution in [2.45, 2.75) is 19.8 Å². The highest BCUT2D eigenvalue weighted by Crippen LogP contribution is 2.15. The zero-order valence-corrected chi connectivity index (χ0v) is 8.32. The Kier molecular flexibility index (Phi) is 3.65. The molecule has 0 saturated carbocycles. The second-order valence-corrected chi connectivity index (χ2v) is 3.27. The van der Waals surface area contributed by atoms with E-state index in [0.29, 0.717) is 11.5 Å². The second kappa shape index (κ2) is 4.77. The molecule has 0 fully saturated rings. The van der Waals surface area contributed by atoms with Gasteiger partial charge in [0.1, 0.15) is 7.11 Å². The Hall–Kier alpha value is -1.35. The van der Waals surface area contributed by atoms with Crippen molar-refractivity contribution in [2.24, 2.45) is 0 Å². The average Bonchev–Trinajstić information content (AvgIpc) is 2.18. The summed E-state index contributed by atoms with van der Waals surface area (Å²) in [7, 11) is 2.95. The molecule has 0 heterocycles. The Morgan fingerprint density at radius 2 is 1.86 bits per heavy atom. The van der Waals surface area contributed by atoms with Crippen LogP contribution in [0.5, 0.6) is 0 Å². The van der Waals surface area contributed by atoms with Crippen LogP contribution in [0, 0.1) is 7.11 Å². The molecule has 1 aromatic rings. The van der Waals surface area contributed by atoms with Crippen molar-refractivity contribution in [1.29, 1.82) is 0 Å². The SMILES string of the molecule is [CH2]OOC(=O)c1ccc(C(C)C)cc1. The molecule has 0 aliphatic heterocycles. The average molecular weight is 193 g/mol. The van der Waals surface area contributed by atoms with Gasteiger partial charge in [0.15, 0.2) is 0 Å². The third kappa shape index (κ3) is 2.57. The number of hydrogen-bond donors (Lipinski definition) is 0. The van der Waals surface area contributed by atoms with Gasteiger partial charge in [-0.05, 0) is 23.6 Å². The van der Waals surface area contributed by atoms with Crippen LogP contribution in [0.2, 0.25) is 0 Å². The largest absolute Gasteiger partial charge is 0.373 e. The van der Waals surface area contributed by atoms with Crippen molar-refractivity contribution in [3.8, 4) is 0 Å². The van der Waals surface area contributed by atoms with E-state index in [1.165, 1.54) is 5.56 Å². The van der Waals surface area contributed by atoms with E-state index in [-0.39, 0.29) is 0 Å². The van der Waals surface area contributed by atoms with Gasteiger partial charge in [-0.3, -0.25) is 4.89 Å². The molecule has 0 aliphatic carbocycles. The summed E-state index contributed by atoms with van der Waals surface area (Å²) in [6.07, 6.45) is 0. The van der Waals surface area contributed by atoms with Gasteiger partial charge < -0.3 is 0 Å². The third-order valence-electron chi connectivity index (χ3n) is 1.95. The first kappa shape index (κ1) is 10.7. The van der Waals surface area contributed by atoms with E-state index in [4.69, 9.17) is 0 Å². The van der Waals surface area contributed by atoms with Crippen molar-refractivity contribution >= 4 is 5.97 Å². The fourth-order valence-electron chi connectivity index (χ4n) is 1.11. The summed E-state index contributed by atoms with van der Waals surface area (Å²) in [5, 5.41) is 0. The first-order valence-electron chi connectivity index (χ1n) is 4.38. The third-order valence-corrected chi connectivity index (χ3v) is 1.95. The second-order valence-electron chi connectivity index (χ2n) is 3.27. The summed E-state index contributed by atoms with van der Waals surface area (Å²) in [5.74, 6) is -0.0838. The molecule has 0 aromatic heterocycles. The van der Waals surface area contributed by atoms with Gasteiger partial charge >= 0.3 is 5.97 Å². The van der Waals surface area contributed by atoms with Crippen LogP contribution >= 0.6 is 0 Å². The van der Waals surface area contributed by atoms with Crippen LogP contribution < -0.4 is 0 Å². The molecule has 0 amide bonds. The van der Waals surface area contributed by atoms with Crippen molar-refractivity contribution in [2.75, 3.05) is 0 Å². The number of hydrogen-bond acceptors (Lipinski definition) is 3. The van der Waals surface area contributed by atoms with Gasteiger partial charge in [0.25, 0.3) is 0 Å². The molecule has 0 bridgehead atoms. The molecular formula is C11H13O3. The quantitative estimate of drug-likeness (QED) is 0.547. The van der Waals surface area contributed by atoms with Crippen LogP contribution in [0.3, 0.4) is 0 Å². The minimum atomic E-state index is -0.532. The van der Waals surface area contributed by atoms with Crippen LogP contribution in [0.4, 0.5) is 0 Å². The summed E-state index contributed by atoms with van der Waals surface area (Å²) in [4.78, 5) is 19.5. The molecule has 0 unspecified atom stereocenters. The van der Waals surface area contributed by atoms with Crippen LogP contribution in [0.1, 0.15) is 35.7 Å². The van der Waals surface area contributed by atoms with Gasteiger partial charge in [0.05, 0.1) is 5.56 Å². The Labute approximate surface area is 83.6 Å². The first-order chi connectivity index (χ1) is 6.65. The van der Waals surface area contributed by atoms with Gasteiger partial charge in [-0.15, -0.1) is 0 Å². The molecule has 75 valence electrons. The monoisotopic (exact) mass is 193 g/mol.